The van der Waals surface area contributed by atoms with E-state index in [0.717, 1.165) is 24.4 Å². The SMILES string of the molecule is CCc1nncn1-c1ccc(CCN)cc1. The Morgan fingerprint density at radius 1 is 1.25 bits per heavy atom. The van der Waals surface area contributed by atoms with Crippen LogP contribution in [0.4, 0.5) is 0 Å². The maximum Gasteiger partial charge on any atom is 0.137 e. The summed E-state index contributed by atoms with van der Waals surface area (Å²) in [5.74, 6) is 0.978. The molecule has 0 spiro atoms. The van der Waals surface area contributed by atoms with Crippen molar-refractivity contribution in [3.05, 3.63) is 42.0 Å². The Balaban J connectivity index is 2.27. The zero-order valence-corrected chi connectivity index (χ0v) is 9.43. The molecular formula is C12H16N4. The van der Waals surface area contributed by atoms with Gasteiger partial charge in [-0.2, -0.15) is 0 Å². The number of hydrogen-bond acceptors (Lipinski definition) is 3. The summed E-state index contributed by atoms with van der Waals surface area (Å²) >= 11 is 0. The molecule has 2 N–H and O–H groups in total. The summed E-state index contributed by atoms with van der Waals surface area (Å²) in [6.45, 7) is 2.76. The fourth-order valence-electron chi connectivity index (χ4n) is 1.71. The smallest absolute Gasteiger partial charge is 0.137 e. The molecule has 0 saturated heterocycles. The molecule has 84 valence electrons. The highest BCUT2D eigenvalue weighted by Gasteiger charge is 2.03. The molecule has 0 aliphatic heterocycles. The van der Waals surface area contributed by atoms with E-state index in [-0.39, 0.29) is 0 Å². The van der Waals surface area contributed by atoms with Gasteiger partial charge in [-0.1, -0.05) is 19.1 Å². The van der Waals surface area contributed by atoms with E-state index in [1.807, 2.05) is 4.57 Å². The average Bonchev–Trinajstić information content (AvgIpc) is 2.78. The van der Waals surface area contributed by atoms with Crippen LogP contribution in [0.15, 0.2) is 30.6 Å². The van der Waals surface area contributed by atoms with E-state index in [4.69, 9.17) is 5.73 Å². The van der Waals surface area contributed by atoms with Gasteiger partial charge in [-0.25, -0.2) is 0 Å². The molecule has 0 radical (unpaired) electrons. The Morgan fingerprint density at radius 2 is 2.00 bits per heavy atom. The summed E-state index contributed by atoms with van der Waals surface area (Å²) in [4.78, 5) is 0. The fraction of sp³-hybridized carbons (Fsp3) is 0.333. The van der Waals surface area contributed by atoms with E-state index >= 15 is 0 Å². The van der Waals surface area contributed by atoms with E-state index in [9.17, 15) is 0 Å². The van der Waals surface area contributed by atoms with Crippen LogP contribution < -0.4 is 5.73 Å². The van der Waals surface area contributed by atoms with Crippen LogP contribution in [0.1, 0.15) is 18.3 Å². The Morgan fingerprint density at radius 3 is 2.62 bits per heavy atom. The Hall–Kier alpha value is -1.68. The molecule has 0 fully saturated rings. The van der Waals surface area contributed by atoms with E-state index in [0.29, 0.717) is 6.54 Å². The summed E-state index contributed by atoms with van der Waals surface area (Å²) in [5, 5.41) is 7.98. The molecule has 16 heavy (non-hydrogen) atoms. The van der Waals surface area contributed by atoms with Crippen molar-refractivity contribution in [1.29, 1.82) is 0 Å². The van der Waals surface area contributed by atoms with Gasteiger partial charge >= 0.3 is 0 Å². The minimum atomic E-state index is 0.687. The van der Waals surface area contributed by atoms with Crippen LogP contribution in [0.2, 0.25) is 0 Å². The highest BCUT2D eigenvalue weighted by Crippen LogP contribution is 2.11. The standard InChI is InChI=1S/C12H16N4/c1-2-12-15-14-9-16(12)11-5-3-10(4-6-11)7-8-13/h3-6,9H,2,7-8,13H2,1H3. The molecule has 0 amide bonds. The minimum Gasteiger partial charge on any atom is -0.330 e. The molecule has 0 bridgehead atoms. The number of hydrogen-bond donors (Lipinski definition) is 1. The summed E-state index contributed by atoms with van der Waals surface area (Å²) in [6.07, 6.45) is 3.55. The third-order valence-electron chi connectivity index (χ3n) is 2.58. The van der Waals surface area contributed by atoms with Crippen molar-refractivity contribution in [3.63, 3.8) is 0 Å². The van der Waals surface area contributed by atoms with Gasteiger partial charge in [0.2, 0.25) is 0 Å². The molecule has 0 unspecified atom stereocenters. The molecule has 0 saturated carbocycles. The van der Waals surface area contributed by atoms with Crippen LogP contribution in [-0.4, -0.2) is 21.3 Å². The molecule has 1 heterocycles. The maximum absolute atomic E-state index is 5.51. The summed E-state index contributed by atoms with van der Waals surface area (Å²) in [5.41, 5.74) is 7.87. The van der Waals surface area contributed by atoms with Crippen molar-refractivity contribution in [2.45, 2.75) is 19.8 Å². The number of nitrogens with zero attached hydrogens (tertiary/aromatic N) is 3. The molecule has 1 aromatic heterocycles. The Bertz CT molecular complexity index is 444. The molecule has 2 rings (SSSR count). The largest absolute Gasteiger partial charge is 0.330 e. The lowest BCUT2D eigenvalue weighted by molar-refractivity contribution is 0.881. The van der Waals surface area contributed by atoms with Crippen molar-refractivity contribution in [2.24, 2.45) is 5.73 Å². The second-order valence-electron chi connectivity index (χ2n) is 3.68. The zero-order chi connectivity index (χ0) is 11.4. The van der Waals surface area contributed by atoms with Gasteiger partial charge in [0.1, 0.15) is 12.2 Å². The van der Waals surface area contributed by atoms with Gasteiger partial charge in [-0.15, -0.1) is 10.2 Å². The lowest BCUT2D eigenvalue weighted by Crippen LogP contribution is -2.03. The van der Waals surface area contributed by atoms with Crippen LogP contribution in [0, 0.1) is 0 Å². The number of aromatic nitrogens is 3. The first-order valence-corrected chi connectivity index (χ1v) is 5.53. The van der Waals surface area contributed by atoms with Gasteiger partial charge in [0.15, 0.2) is 0 Å². The molecule has 0 atom stereocenters. The Kier molecular flexibility index (Phi) is 3.31. The quantitative estimate of drug-likeness (QED) is 0.838. The lowest BCUT2D eigenvalue weighted by Gasteiger charge is -2.06. The third kappa shape index (κ3) is 2.12. The monoisotopic (exact) mass is 216 g/mol. The normalized spacial score (nSPS) is 10.6. The number of rotatable bonds is 4. The first-order chi connectivity index (χ1) is 7.85. The molecule has 4 nitrogen and oxygen atoms in total. The molecule has 2 aromatic rings. The van der Waals surface area contributed by atoms with Crippen LogP contribution in [0.5, 0.6) is 0 Å². The van der Waals surface area contributed by atoms with E-state index in [1.165, 1.54) is 5.56 Å². The maximum atomic E-state index is 5.51. The van der Waals surface area contributed by atoms with Gasteiger partial charge in [0.25, 0.3) is 0 Å². The number of aryl methyl sites for hydroxylation is 1. The number of benzene rings is 1. The van der Waals surface area contributed by atoms with Crippen LogP contribution >= 0.6 is 0 Å². The zero-order valence-electron chi connectivity index (χ0n) is 9.43. The Labute approximate surface area is 95.1 Å². The third-order valence-corrected chi connectivity index (χ3v) is 2.58. The molecule has 0 aliphatic carbocycles. The second kappa shape index (κ2) is 4.90. The molecular weight excluding hydrogens is 200 g/mol. The topological polar surface area (TPSA) is 56.7 Å². The van der Waals surface area contributed by atoms with Crippen molar-refractivity contribution in [1.82, 2.24) is 14.8 Å². The van der Waals surface area contributed by atoms with Gasteiger partial charge in [-0.3, -0.25) is 4.57 Å². The van der Waals surface area contributed by atoms with Gasteiger partial charge < -0.3 is 5.73 Å². The highest BCUT2D eigenvalue weighted by atomic mass is 15.3. The van der Waals surface area contributed by atoms with Crippen LogP contribution in [0.3, 0.4) is 0 Å². The van der Waals surface area contributed by atoms with Crippen molar-refractivity contribution in [3.8, 4) is 5.69 Å². The lowest BCUT2D eigenvalue weighted by atomic mass is 10.1. The summed E-state index contributed by atoms with van der Waals surface area (Å²) in [6, 6.07) is 8.35. The minimum absolute atomic E-state index is 0.687. The van der Waals surface area contributed by atoms with Crippen molar-refractivity contribution >= 4 is 0 Å². The van der Waals surface area contributed by atoms with Gasteiger partial charge in [0, 0.05) is 12.1 Å². The fourth-order valence-corrected chi connectivity index (χ4v) is 1.71. The van der Waals surface area contributed by atoms with E-state index in [1.54, 1.807) is 6.33 Å². The summed E-state index contributed by atoms with van der Waals surface area (Å²) < 4.78 is 2.01. The first kappa shape index (κ1) is 10.8. The molecule has 0 aliphatic rings. The van der Waals surface area contributed by atoms with Gasteiger partial charge in [0.05, 0.1) is 0 Å². The van der Waals surface area contributed by atoms with Crippen LogP contribution in [0.25, 0.3) is 5.69 Å². The highest BCUT2D eigenvalue weighted by molar-refractivity contribution is 5.35. The van der Waals surface area contributed by atoms with Crippen molar-refractivity contribution < 1.29 is 0 Å². The molecule has 4 heteroatoms. The summed E-state index contributed by atoms with van der Waals surface area (Å²) in [7, 11) is 0. The average molecular weight is 216 g/mol. The second-order valence-corrected chi connectivity index (χ2v) is 3.68. The predicted molar refractivity (Wildman–Crippen MR) is 63.5 cm³/mol. The number of nitrogens with two attached hydrogens (primary N) is 1. The van der Waals surface area contributed by atoms with Gasteiger partial charge in [-0.05, 0) is 30.7 Å². The van der Waals surface area contributed by atoms with Crippen molar-refractivity contribution in [2.75, 3.05) is 6.54 Å². The van der Waals surface area contributed by atoms with E-state index < -0.39 is 0 Å². The predicted octanol–water partition coefficient (Wildman–Crippen LogP) is 1.33. The first-order valence-electron chi connectivity index (χ1n) is 5.53. The van der Waals surface area contributed by atoms with E-state index in [2.05, 4.69) is 41.4 Å². The molecule has 1 aromatic carbocycles. The van der Waals surface area contributed by atoms with Crippen LogP contribution in [-0.2, 0) is 12.8 Å².